The Labute approximate surface area is 107 Å². The first-order valence-electron chi connectivity index (χ1n) is 6.70. The minimum absolute atomic E-state index is 0.438. The Bertz CT molecular complexity index is 492. The second kappa shape index (κ2) is 4.06. The maximum atomic E-state index is 9.65. The van der Waals surface area contributed by atoms with E-state index in [0.717, 1.165) is 24.5 Å². The van der Waals surface area contributed by atoms with E-state index in [1.165, 1.54) is 12.8 Å². The van der Waals surface area contributed by atoms with Crippen LogP contribution in [0.1, 0.15) is 37.3 Å². The SMILES string of the molecule is Cc1nc(C)n(CC(C#N)(NC2CC2)C2CC2)n1. The highest BCUT2D eigenvalue weighted by Crippen LogP contribution is 2.42. The molecule has 1 unspecified atom stereocenters. The average Bonchev–Trinajstić information content (AvgIpc) is 3.20. The van der Waals surface area contributed by atoms with Gasteiger partial charge in [-0.1, -0.05) is 0 Å². The molecule has 0 aliphatic heterocycles. The molecule has 18 heavy (non-hydrogen) atoms. The fraction of sp³-hybridized carbons (Fsp3) is 0.769. The van der Waals surface area contributed by atoms with E-state index in [4.69, 9.17) is 0 Å². The van der Waals surface area contributed by atoms with Crippen LogP contribution in [-0.4, -0.2) is 26.3 Å². The number of nitrogens with zero attached hydrogens (tertiary/aromatic N) is 4. The van der Waals surface area contributed by atoms with E-state index in [1.54, 1.807) is 0 Å². The molecule has 1 heterocycles. The molecule has 1 atom stereocenters. The van der Waals surface area contributed by atoms with Crippen molar-refractivity contribution in [3.05, 3.63) is 11.6 Å². The zero-order valence-electron chi connectivity index (χ0n) is 11.0. The monoisotopic (exact) mass is 245 g/mol. The van der Waals surface area contributed by atoms with Gasteiger partial charge in [0.05, 0.1) is 12.6 Å². The summed E-state index contributed by atoms with van der Waals surface area (Å²) in [5.41, 5.74) is -0.438. The summed E-state index contributed by atoms with van der Waals surface area (Å²) in [7, 11) is 0. The molecule has 0 amide bonds. The normalized spacial score (nSPS) is 22.5. The van der Waals surface area contributed by atoms with Crippen molar-refractivity contribution < 1.29 is 0 Å². The fourth-order valence-corrected chi connectivity index (χ4v) is 2.57. The maximum Gasteiger partial charge on any atom is 0.147 e. The molecule has 0 aromatic carbocycles. The van der Waals surface area contributed by atoms with Gasteiger partial charge in [0.15, 0.2) is 0 Å². The van der Waals surface area contributed by atoms with Crippen LogP contribution in [0, 0.1) is 31.1 Å². The van der Waals surface area contributed by atoms with Crippen LogP contribution in [0.4, 0.5) is 0 Å². The first kappa shape index (κ1) is 11.7. The van der Waals surface area contributed by atoms with Crippen molar-refractivity contribution in [2.24, 2.45) is 5.92 Å². The van der Waals surface area contributed by atoms with E-state index in [9.17, 15) is 5.26 Å². The van der Waals surface area contributed by atoms with Crippen LogP contribution < -0.4 is 5.32 Å². The summed E-state index contributed by atoms with van der Waals surface area (Å²) >= 11 is 0. The quantitative estimate of drug-likeness (QED) is 0.849. The van der Waals surface area contributed by atoms with E-state index in [1.807, 2.05) is 18.5 Å². The molecular formula is C13H19N5. The molecule has 1 aromatic rings. The Balaban J connectivity index is 1.84. The molecule has 0 saturated heterocycles. The minimum Gasteiger partial charge on any atom is -0.295 e. The number of aryl methyl sites for hydroxylation is 2. The standard InChI is InChI=1S/C13H19N5/c1-9-15-10(2)18(17-9)8-13(7-14,11-3-4-11)16-12-5-6-12/h11-12,16H,3-6,8H2,1-2H3. The number of hydrogen-bond donors (Lipinski definition) is 1. The summed E-state index contributed by atoms with van der Waals surface area (Å²) in [6.45, 7) is 4.46. The summed E-state index contributed by atoms with van der Waals surface area (Å²) in [5.74, 6) is 2.15. The number of aromatic nitrogens is 3. The van der Waals surface area contributed by atoms with Crippen molar-refractivity contribution in [1.82, 2.24) is 20.1 Å². The molecule has 1 aromatic heterocycles. The van der Waals surface area contributed by atoms with Crippen molar-refractivity contribution in [3.8, 4) is 6.07 Å². The number of nitrogens with one attached hydrogen (secondary N) is 1. The van der Waals surface area contributed by atoms with Gasteiger partial charge in [-0.3, -0.25) is 5.32 Å². The predicted octanol–water partition coefficient (Wildman–Crippen LogP) is 1.32. The smallest absolute Gasteiger partial charge is 0.147 e. The molecule has 0 radical (unpaired) electrons. The largest absolute Gasteiger partial charge is 0.295 e. The number of hydrogen-bond acceptors (Lipinski definition) is 4. The lowest BCUT2D eigenvalue weighted by atomic mass is 9.94. The Morgan fingerprint density at radius 1 is 1.39 bits per heavy atom. The van der Waals surface area contributed by atoms with Crippen molar-refractivity contribution in [3.63, 3.8) is 0 Å². The lowest BCUT2D eigenvalue weighted by Gasteiger charge is -2.28. The Morgan fingerprint density at radius 2 is 2.11 bits per heavy atom. The van der Waals surface area contributed by atoms with E-state index in [-0.39, 0.29) is 0 Å². The Kier molecular flexibility index (Phi) is 2.63. The predicted molar refractivity (Wildman–Crippen MR) is 66.7 cm³/mol. The van der Waals surface area contributed by atoms with Crippen LogP contribution in [0.2, 0.25) is 0 Å². The van der Waals surface area contributed by atoms with Gasteiger partial charge in [-0.05, 0) is 45.4 Å². The maximum absolute atomic E-state index is 9.65. The molecule has 3 rings (SSSR count). The summed E-state index contributed by atoms with van der Waals surface area (Å²) < 4.78 is 1.88. The van der Waals surface area contributed by atoms with Gasteiger partial charge in [0, 0.05) is 6.04 Å². The minimum atomic E-state index is -0.438. The zero-order valence-corrected chi connectivity index (χ0v) is 11.0. The van der Waals surface area contributed by atoms with Crippen molar-refractivity contribution in [2.45, 2.75) is 57.7 Å². The van der Waals surface area contributed by atoms with Crippen LogP contribution >= 0.6 is 0 Å². The second-order valence-electron chi connectivity index (χ2n) is 5.64. The van der Waals surface area contributed by atoms with Gasteiger partial charge in [-0.15, -0.1) is 0 Å². The molecule has 5 nitrogen and oxygen atoms in total. The molecule has 2 aliphatic carbocycles. The van der Waals surface area contributed by atoms with Crippen LogP contribution in [0.15, 0.2) is 0 Å². The molecule has 2 saturated carbocycles. The van der Waals surface area contributed by atoms with E-state index in [0.29, 0.717) is 18.5 Å². The molecular weight excluding hydrogens is 226 g/mol. The third-order valence-electron chi connectivity index (χ3n) is 3.87. The van der Waals surface area contributed by atoms with E-state index >= 15 is 0 Å². The topological polar surface area (TPSA) is 66.5 Å². The Hall–Kier alpha value is -1.41. The third-order valence-corrected chi connectivity index (χ3v) is 3.87. The van der Waals surface area contributed by atoms with Crippen LogP contribution in [0.3, 0.4) is 0 Å². The van der Waals surface area contributed by atoms with Gasteiger partial charge < -0.3 is 0 Å². The molecule has 0 spiro atoms. The van der Waals surface area contributed by atoms with Gasteiger partial charge in [0.1, 0.15) is 17.2 Å². The highest BCUT2D eigenvalue weighted by atomic mass is 15.4. The molecule has 0 bridgehead atoms. The van der Waals surface area contributed by atoms with Gasteiger partial charge in [-0.2, -0.15) is 10.4 Å². The molecule has 2 aliphatic rings. The van der Waals surface area contributed by atoms with Crippen molar-refractivity contribution in [1.29, 1.82) is 5.26 Å². The third kappa shape index (κ3) is 2.13. The highest BCUT2D eigenvalue weighted by molar-refractivity contribution is 5.17. The van der Waals surface area contributed by atoms with Crippen molar-refractivity contribution in [2.75, 3.05) is 0 Å². The molecule has 2 fully saturated rings. The summed E-state index contributed by atoms with van der Waals surface area (Å²) in [5, 5.41) is 17.6. The summed E-state index contributed by atoms with van der Waals surface area (Å²) in [6, 6.07) is 3.07. The van der Waals surface area contributed by atoms with Crippen LogP contribution in [0.5, 0.6) is 0 Å². The van der Waals surface area contributed by atoms with E-state index in [2.05, 4.69) is 21.5 Å². The van der Waals surface area contributed by atoms with Crippen molar-refractivity contribution >= 4 is 0 Å². The van der Waals surface area contributed by atoms with Crippen LogP contribution in [-0.2, 0) is 6.54 Å². The average molecular weight is 245 g/mol. The lowest BCUT2D eigenvalue weighted by molar-refractivity contribution is 0.299. The van der Waals surface area contributed by atoms with Crippen LogP contribution in [0.25, 0.3) is 0 Å². The van der Waals surface area contributed by atoms with Gasteiger partial charge in [0.2, 0.25) is 0 Å². The number of rotatable bonds is 5. The zero-order chi connectivity index (χ0) is 12.8. The first-order chi connectivity index (χ1) is 8.63. The lowest BCUT2D eigenvalue weighted by Crippen LogP contribution is -2.51. The highest BCUT2D eigenvalue weighted by Gasteiger charge is 2.48. The molecule has 96 valence electrons. The van der Waals surface area contributed by atoms with Gasteiger partial charge in [0.25, 0.3) is 0 Å². The van der Waals surface area contributed by atoms with E-state index < -0.39 is 5.54 Å². The fourth-order valence-electron chi connectivity index (χ4n) is 2.57. The summed E-state index contributed by atoms with van der Waals surface area (Å²) in [4.78, 5) is 4.32. The van der Waals surface area contributed by atoms with Gasteiger partial charge >= 0.3 is 0 Å². The first-order valence-corrected chi connectivity index (χ1v) is 6.70. The summed E-state index contributed by atoms with van der Waals surface area (Å²) in [6.07, 6.45) is 4.71. The number of nitriles is 1. The molecule has 5 heteroatoms. The molecule has 1 N–H and O–H groups in total. The Morgan fingerprint density at radius 3 is 2.56 bits per heavy atom. The van der Waals surface area contributed by atoms with Gasteiger partial charge in [-0.25, -0.2) is 9.67 Å². The second-order valence-corrected chi connectivity index (χ2v) is 5.64.